The number of hydrogen-bond acceptors (Lipinski definition) is 1. The lowest BCUT2D eigenvalue weighted by Gasteiger charge is -2.14. The van der Waals surface area contributed by atoms with Crippen LogP contribution in [-0.4, -0.2) is 25.1 Å². The summed E-state index contributed by atoms with van der Waals surface area (Å²) in [6, 6.07) is 0.438. The lowest BCUT2D eigenvalue weighted by atomic mass is 10.1. The van der Waals surface area contributed by atoms with E-state index in [1.165, 1.54) is 12.8 Å². The Morgan fingerprint density at radius 2 is 1.87 bits per heavy atom. The van der Waals surface area contributed by atoms with Crippen molar-refractivity contribution in [3.8, 4) is 0 Å². The minimum atomic E-state index is 0.438. The van der Waals surface area contributed by atoms with Crippen LogP contribution in [0.1, 0.15) is 47.5 Å². The highest BCUT2D eigenvalue weighted by atomic mass is 15.2. The first-order valence-electron chi connectivity index (χ1n) is 6.11. The summed E-state index contributed by atoms with van der Waals surface area (Å²) in [5, 5.41) is 6.55. The van der Waals surface area contributed by atoms with Gasteiger partial charge in [0.05, 0.1) is 0 Å². The van der Waals surface area contributed by atoms with Crippen molar-refractivity contribution in [3.63, 3.8) is 0 Å². The van der Waals surface area contributed by atoms with E-state index in [1.807, 2.05) is 0 Å². The highest BCUT2D eigenvalue weighted by molar-refractivity contribution is 5.79. The van der Waals surface area contributed by atoms with Crippen molar-refractivity contribution >= 4 is 5.96 Å². The van der Waals surface area contributed by atoms with E-state index in [0.29, 0.717) is 6.04 Å². The summed E-state index contributed by atoms with van der Waals surface area (Å²) in [7, 11) is 0. The van der Waals surface area contributed by atoms with Crippen LogP contribution in [0.3, 0.4) is 0 Å². The average Bonchev–Trinajstić information content (AvgIpc) is 2.11. The summed E-state index contributed by atoms with van der Waals surface area (Å²) in [5.41, 5.74) is 0. The zero-order valence-electron chi connectivity index (χ0n) is 10.9. The Labute approximate surface area is 94.7 Å². The van der Waals surface area contributed by atoms with Crippen molar-refractivity contribution in [1.82, 2.24) is 10.6 Å². The molecule has 0 unspecified atom stereocenters. The van der Waals surface area contributed by atoms with Crippen LogP contribution in [0.5, 0.6) is 0 Å². The van der Waals surface area contributed by atoms with Gasteiger partial charge in [-0.25, -0.2) is 0 Å². The molecule has 0 fully saturated rings. The Bertz CT molecular complexity index is 174. The van der Waals surface area contributed by atoms with E-state index in [-0.39, 0.29) is 0 Å². The summed E-state index contributed by atoms with van der Waals surface area (Å²) in [6.07, 6.45) is 2.43. The van der Waals surface area contributed by atoms with E-state index in [4.69, 9.17) is 0 Å². The lowest BCUT2D eigenvalue weighted by Crippen LogP contribution is -2.41. The fourth-order valence-corrected chi connectivity index (χ4v) is 1.28. The van der Waals surface area contributed by atoms with Crippen LogP contribution in [-0.2, 0) is 0 Å². The van der Waals surface area contributed by atoms with Gasteiger partial charge in [-0.15, -0.1) is 0 Å². The minimum Gasteiger partial charge on any atom is -0.357 e. The van der Waals surface area contributed by atoms with Crippen molar-refractivity contribution in [2.75, 3.05) is 13.1 Å². The molecule has 0 aromatic carbocycles. The second kappa shape index (κ2) is 8.57. The predicted molar refractivity (Wildman–Crippen MR) is 68.3 cm³/mol. The quantitative estimate of drug-likeness (QED) is 0.404. The maximum atomic E-state index is 4.52. The highest BCUT2D eigenvalue weighted by Crippen LogP contribution is 2.02. The molecule has 0 atom stereocenters. The monoisotopic (exact) mass is 213 g/mol. The number of rotatable bonds is 6. The van der Waals surface area contributed by atoms with Gasteiger partial charge in [0.15, 0.2) is 5.96 Å². The predicted octanol–water partition coefficient (Wildman–Crippen LogP) is 2.39. The molecular weight excluding hydrogens is 186 g/mol. The Hall–Kier alpha value is -0.730. The van der Waals surface area contributed by atoms with Crippen molar-refractivity contribution in [2.45, 2.75) is 53.5 Å². The van der Waals surface area contributed by atoms with Gasteiger partial charge >= 0.3 is 0 Å². The molecule has 0 amide bonds. The zero-order valence-corrected chi connectivity index (χ0v) is 10.9. The largest absolute Gasteiger partial charge is 0.357 e. The highest BCUT2D eigenvalue weighted by Gasteiger charge is 1.99. The second-order valence-electron chi connectivity index (χ2n) is 4.60. The standard InChI is InChI=1S/C12H27N3/c1-6-13-12(15-11(4)5)14-9-7-8-10(2)3/h10-11H,6-9H2,1-5H3,(H2,13,14,15). The molecule has 15 heavy (non-hydrogen) atoms. The first-order valence-corrected chi connectivity index (χ1v) is 6.11. The van der Waals surface area contributed by atoms with Gasteiger partial charge in [-0.1, -0.05) is 13.8 Å². The fourth-order valence-electron chi connectivity index (χ4n) is 1.28. The maximum Gasteiger partial charge on any atom is 0.191 e. The molecular formula is C12H27N3. The van der Waals surface area contributed by atoms with Gasteiger partial charge in [-0.3, -0.25) is 4.99 Å². The van der Waals surface area contributed by atoms with Crippen LogP contribution in [0.25, 0.3) is 0 Å². The van der Waals surface area contributed by atoms with Crippen LogP contribution in [0, 0.1) is 5.92 Å². The molecule has 0 rings (SSSR count). The molecule has 0 aromatic heterocycles. The third-order valence-corrected chi connectivity index (χ3v) is 1.98. The Kier molecular flexibility index (Phi) is 8.15. The van der Waals surface area contributed by atoms with Crippen molar-refractivity contribution in [1.29, 1.82) is 0 Å². The van der Waals surface area contributed by atoms with Crippen LogP contribution in [0.4, 0.5) is 0 Å². The molecule has 0 aliphatic heterocycles. The van der Waals surface area contributed by atoms with Crippen LogP contribution < -0.4 is 10.6 Å². The Morgan fingerprint density at radius 1 is 1.20 bits per heavy atom. The van der Waals surface area contributed by atoms with Crippen LogP contribution in [0.15, 0.2) is 4.99 Å². The van der Waals surface area contributed by atoms with E-state index in [1.54, 1.807) is 0 Å². The van der Waals surface area contributed by atoms with Crippen molar-refractivity contribution < 1.29 is 0 Å². The number of nitrogens with zero attached hydrogens (tertiary/aromatic N) is 1. The summed E-state index contributed by atoms with van der Waals surface area (Å²) < 4.78 is 0. The zero-order chi connectivity index (χ0) is 11.7. The third kappa shape index (κ3) is 9.57. The molecule has 0 heterocycles. The van der Waals surface area contributed by atoms with Gasteiger partial charge in [0.1, 0.15) is 0 Å². The summed E-state index contributed by atoms with van der Waals surface area (Å²) in [4.78, 5) is 4.52. The number of aliphatic imine (C=N–C) groups is 1. The van der Waals surface area contributed by atoms with Crippen molar-refractivity contribution in [2.24, 2.45) is 10.9 Å². The normalized spacial score (nSPS) is 12.3. The number of guanidine groups is 1. The van der Waals surface area contributed by atoms with Gasteiger partial charge in [-0.05, 0) is 39.5 Å². The molecule has 0 saturated heterocycles. The average molecular weight is 213 g/mol. The molecule has 3 nitrogen and oxygen atoms in total. The van der Waals surface area contributed by atoms with E-state index < -0.39 is 0 Å². The van der Waals surface area contributed by atoms with Crippen LogP contribution >= 0.6 is 0 Å². The summed E-state index contributed by atoms with van der Waals surface area (Å²) >= 11 is 0. The van der Waals surface area contributed by atoms with Gasteiger partial charge in [0.2, 0.25) is 0 Å². The molecule has 0 aromatic rings. The van der Waals surface area contributed by atoms with Crippen LogP contribution in [0.2, 0.25) is 0 Å². The second-order valence-corrected chi connectivity index (χ2v) is 4.60. The summed E-state index contributed by atoms with van der Waals surface area (Å²) in [6.45, 7) is 12.7. The maximum absolute atomic E-state index is 4.52. The first kappa shape index (κ1) is 14.3. The minimum absolute atomic E-state index is 0.438. The molecule has 0 aliphatic carbocycles. The Balaban J connectivity index is 3.83. The molecule has 2 N–H and O–H groups in total. The molecule has 0 saturated carbocycles. The topological polar surface area (TPSA) is 36.4 Å². The van der Waals surface area contributed by atoms with Gasteiger partial charge < -0.3 is 10.6 Å². The van der Waals surface area contributed by atoms with E-state index in [2.05, 4.69) is 50.2 Å². The molecule has 0 radical (unpaired) electrons. The first-order chi connectivity index (χ1) is 7.06. The fraction of sp³-hybridized carbons (Fsp3) is 0.917. The van der Waals surface area contributed by atoms with Gasteiger partial charge in [0, 0.05) is 19.1 Å². The van der Waals surface area contributed by atoms with Gasteiger partial charge in [0.25, 0.3) is 0 Å². The molecule has 3 heteroatoms. The van der Waals surface area contributed by atoms with Crippen molar-refractivity contribution in [3.05, 3.63) is 0 Å². The number of hydrogen-bond donors (Lipinski definition) is 2. The molecule has 0 aliphatic rings. The smallest absolute Gasteiger partial charge is 0.191 e. The van der Waals surface area contributed by atoms with E-state index >= 15 is 0 Å². The third-order valence-electron chi connectivity index (χ3n) is 1.98. The molecule has 90 valence electrons. The van der Waals surface area contributed by atoms with E-state index in [9.17, 15) is 0 Å². The van der Waals surface area contributed by atoms with E-state index in [0.717, 1.165) is 25.0 Å². The van der Waals surface area contributed by atoms with Gasteiger partial charge in [-0.2, -0.15) is 0 Å². The molecule has 0 spiro atoms. The molecule has 0 bridgehead atoms. The lowest BCUT2D eigenvalue weighted by molar-refractivity contribution is 0.560. The summed E-state index contributed by atoms with van der Waals surface area (Å²) in [5.74, 6) is 1.72. The number of nitrogens with one attached hydrogen (secondary N) is 2. The SMILES string of the molecule is CCNC(=NCCCC(C)C)NC(C)C. The Morgan fingerprint density at radius 3 is 2.33 bits per heavy atom.